The zero-order chi connectivity index (χ0) is 68.6. The van der Waals surface area contributed by atoms with Crippen LogP contribution in [0.15, 0.2) is 377 Å². The molecule has 8 nitrogen and oxygen atoms in total. The van der Waals surface area contributed by atoms with Gasteiger partial charge in [-0.25, -0.2) is 0 Å². The minimum atomic E-state index is -1.30. The van der Waals surface area contributed by atoms with Crippen molar-refractivity contribution in [2.24, 2.45) is 0 Å². The van der Waals surface area contributed by atoms with Crippen molar-refractivity contribution in [3.63, 3.8) is 0 Å². The first-order valence-corrected chi connectivity index (χ1v) is 37.7. The van der Waals surface area contributed by atoms with Crippen LogP contribution < -0.4 is 64.5 Å². The summed E-state index contributed by atoms with van der Waals surface area (Å²) in [5.41, 5.74) is 32.0. The van der Waals surface area contributed by atoms with Crippen LogP contribution in [0.1, 0.15) is 0 Å². The molecule has 7 heterocycles. The summed E-state index contributed by atoms with van der Waals surface area (Å²) < 4.78 is 2.76. The van der Waals surface area contributed by atoms with E-state index in [1.807, 2.05) is 36.8 Å². The summed E-state index contributed by atoms with van der Waals surface area (Å²) in [5.74, 6) is 0. The molecule has 0 unspecified atom stereocenters. The van der Waals surface area contributed by atoms with E-state index < -0.39 is 20.9 Å². The van der Waals surface area contributed by atoms with E-state index in [0.29, 0.717) is 0 Å². The first-order valence-electron chi connectivity index (χ1n) is 35.4. The van der Waals surface area contributed by atoms with E-state index in [2.05, 4.69) is 364 Å². The van der Waals surface area contributed by atoms with Crippen molar-refractivity contribution in [3.05, 3.63) is 377 Å². The van der Waals surface area contributed by atoms with Gasteiger partial charge < -0.3 is 0 Å². The number of aromatic nitrogens is 3. The summed E-state index contributed by atoms with van der Waals surface area (Å²) in [6.07, 6.45) is 5.73. The fourth-order valence-electron chi connectivity index (χ4n) is 16.5. The number of hydrogen-bond donors (Lipinski definition) is 0. The van der Waals surface area contributed by atoms with Crippen LogP contribution in [0.25, 0.3) is 44.9 Å². The Morgan fingerprint density at radius 1 is 0.260 bits per heavy atom. The normalized spacial score (nSPS) is 12.7. The number of hydrogen-bond acceptors (Lipinski definition) is 8. The van der Waals surface area contributed by atoms with E-state index in [1.165, 1.54) is 40.0 Å². The van der Waals surface area contributed by atoms with Crippen LogP contribution in [0.4, 0.5) is 85.3 Å². The van der Waals surface area contributed by atoms with Crippen molar-refractivity contribution in [1.29, 1.82) is 0 Å². The van der Waals surface area contributed by atoms with Gasteiger partial charge >= 0.3 is 621 Å². The fraction of sp³-hybridized carbons (Fsp3) is 0. The van der Waals surface area contributed by atoms with Gasteiger partial charge in [-0.1, -0.05) is 0 Å². The predicted molar refractivity (Wildman–Crippen MR) is 436 cm³/mol. The van der Waals surface area contributed by atoms with Crippen LogP contribution in [0.3, 0.4) is 0 Å². The zero-order valence-electron chi connectivity index (χ0n) is 56.4. The maximum absolute atomic E-state index is 5.26. The van der Waals surface area contributed by atoms with Crippen molar-refractivity contribution >= 4 is 160 Å². The Balaban J connectivity index is 0.909. The van der Waals surface area contributed by atoms with Crippen LogP contribution in [-0.4, -0.2) is 49.3 Å². The maximum atomic E-state index is 5.26. The summed E-state index contributed by atoms with van der Waals surface area (Å²) in [7, 11) is 0. The third-order valence-electron chi connectivity index (χ3n) is 20.8. The molecule has 13 aromatic carbocycles. The number of benzene rings is 13. The summed E-state index contributed by atoms with van der Waals surface area (Å²) in [6, 6.07) is 132. The summed E-state index contributed by atoms with van der Waals surface area (Å²) in [5, 5.41) is 0. The molecule has 0 fully saturated rings. The van der Waals surface area contributed by atoms with E-state index in [0.717, 1.165) is 130 Å². The molecule has 16 aromatic rings. The van der Waals surface area contributed by atoms with E-state index in [4.69, 9.17) is 15.0 Å². The monoisotopic (exact) mass is 1440 g/mol. The summed E-state index contributed by atoms with van der Waals surface area (Å²) >= 11 is -1.30. The minimum absolute atomic E-state index is 0.157. The van der Waals surface area contributed by atoms with Crippen molar-refractivity contribution < 1.29 is 0 Å². The Kier molecular flexibility index (Phi) is 15.1. The molecule has 0 radical (unpaired) electrons. The third kappa shape index (κ3) is 10.2. The second kappa shape index (κ2) is 25.7. The van der Waals surface area contributed by atoms with Crippen molar-refractivity contribution in [1.82, 2.24) is 15.0 Å². The molecule has 0 saturated heterocycles. The van der Waals surface area contributed by atoms with Gasteiger partial charge in [-0.2, -0.15) is 0 Å². The number of anilines is 15. The molecule has 4 aliphatic heterocycles. The first-order chi connectivity index (χ1) is 51.7. The Hall–Kier alpha value is -12.8. The Morgan fingerprint density at radius 2 is 0.712 bits per heavy atom. The Morgan fingerprint density at radius 3 is 1.33 bits per heavy atom. The second-order valence-corrected chi connectivity index (χ2v) is 29.7. The quantitative estimate of drug-likeness (QED) is 0.106. The third-order valence-corrected chi connectivity index (χ3v) is 24.0. The van der Waals surface area contributed by atoms with Crippen molar-refractivity contribution in [2.75, 3.05) is 24.5 Å². The van der Waals surface area contributed by atoms with Crippen LogP contribution in [0.2, 0.25) is 0 Å². The molecule has 20 rings (SSSR count). The number of rotatable bonds is 13. The number of pyridine rings is 3. The van der Waals surface area contributed by atoms with Crippen LogP contribution in [0, 0.1) is 0 Å². The van der Waals surface area contributed by atoms with Crippen molar-refractivity contribution in [3.8, 4) is 44.9 Å². The van der Waals surface area contributed by atoms with Gasteiger partial charge in [0.05, 0.1) is 0 Å². The molecule has 486 valence electrons. The first kappa shape index (κ1) is 61.1. The molecule has 0 spiro atoms. The molecule has 104 heavy (non-hydrogen) atoms. The van der Waals surface area contributed by atoms with Gasteiger partial charge in [0.25, 0.3) is 0 Å². The van der Waals surface area contributed by atoms with Gasteiger partial charge in [0.2, 0.25) is 0 Å². The average Bonchev–Trinajstić information content (AvgIpc) is 0.685. The van der Waals surface area contributed by atoms with Gasteiger partial charge in [-0.3, -0.25) is 0 Å². The van der Waals surface area contributed by atoms with Gasteiger partial charge in [0, 0.05) is 0 Å². The van der Waals surface area contributed by atoms with Crippen LogP contribution in [-0.2, 0) is 0 Å². The van der Waals surface area contributed by atoms with Gasteiger partial charge in [-0.15, -0.1) is 0 Å². The molecule has 0 N–H and O–H groups in total. The summed E-state index contributed by atoms with van der Waals surface area (Å²) in [6.45, 7) is -0.371. The van der Waals surface area contributed by atoms with Crippen LogP contribution in [0.5, 0.6) is 0 Å². The van der Waals surface area contributed by atoms with Crippen LogP contribution >= 0.6 is 0 Å². The van der Waals surface area contributed by atoms with Crippen molar-refractivity contribution in [2.45, 2.75) is 0 Å². The second-order valence-electron chi connectivity index (χ2n) is 26.6. The molecule has 0 aliphatic carbocycles. The number of nitrogens with zero attached hydrogens (tertiary/aromatic N) is 8. The molecular formula is C93H62B2N8Te. The Labute approximate surface area is 616 Å². The molecule has 0 bridgehead atoms. The van der Waals surface area contributed by atoms with E-state index in [1.54, 1.807) is 0 Å². The van der Waals surface area contributed by atoms with Gasteiger partial charge in [0.1, 0.15) is 0 Å². The van der Waals surface area contributed by atoms with Gasteiger partial charge in [0.15, 0.2) is 0 Å². The average molecular weight is 1440 g/mol. The number of para-hydroxylation sites is 9. The summed E-state index contributed by atoms with van der Waals surface area (Å²) in [4.78, 5) is 28.0. The number of fused-ring (bicyclic) bond motifs is 8. The van der Waals surface area contributed by atoms with E-state index >= 15 is 0 Å². The molecule has 3 aromatic heterocycles. The molecule has 11 heteroatoms. The topological polar surface area (TPSA) is 54.9 Å². The SMILES string of the molecule is c1ccc(-c2cccc(-c3ccccn3)c2N2c3cc4c(cc3B3c5ccccc5N(c5ccccc5)c5cc(N(c6ccccc6)c6ccccc6)cc2c53)B2c3ccccc3N(c3ccccc3-c3ccccn3)c3cc(N(c5ccccc5)c5ccccc5-c5ccccn5)cc(c32)[Te]4)cc1. The zero-order valence-corrected chi connectivity index (χ0v) is 58.8. The molecular weight excluding hydrogens is 1380 g/mol. The molecule has 0 saturated carbocycles. The molecule has 4 aliphatic rings. The van der Waals surface area contributed by atoms with Gasteiger partial charge in [-0.05, 0) is 0 Å². The molecule has 0 atom stereocenters. The standard InChI is InChI=1S/C93H62B2N8Te/c1-6-31-63(32-7-1)70-43-30-44-73(80-49-26-29-56-98-80)93(70)103-85-62-89-77(61-76(85)94-74-45-18-22-52-83(74)101(67-39-14-5-15-40-67)86-57-68(58-87(103)91(86)94)99(64-33-8-2-9-34-64)65-35-10-3-11-36-65)95-75-46-19-23-53-84(75)102(82-51-21-17-42-72(82)79-48-25-28-55-97-79)88-59-69(60-90(104-89)92(88)95)100(66-37-12-4-13-38-66)81-50-20-16-41-71(81)78-47-24-27-54-96-78/h1-62H. The molecule has 0 amide bonds. The van der Waals surface area contributed by atoms with E-state index in [-0.39, 0.29) is 13.4 Å². The predicted octanol–water partition coefficient (Wildman–Crippen LogP) is 17.8. The Bertz CT molecular complexity index is 5850. The van der Waals surface area contributed by atoms with E-state index in [9.17, 15) is 0 Å². The fourth-order valence-corrected chi connectivity index (χ4v) is 20.0.